The SMILES string of the molecule is CC(C)(C)OC(=O)NCC[C@H]1CCCN(C(=O)c2cccc(Br)c2)C1. The number of likely N-dealkylation sites (tertiary alicyclic amines) is 1. The molecule has 25 heavy (non-hydrogen) atoms. The maximum atomic E-state index is 12.7. The van der Waals surface area contributed by atoms with Crippen LogP contribution in [0.4, 0.5) is 4.79 Å². The van der Waals surface area contributed by atoms with Crippen LogP contribution < -0.4 is 5.32 Å². The summed E-state index contributed by atoms with van der Waals surface area (Å²) in [7, 11) is 0. The lowest BCUT2D eigenvalue weighted by atomic mass is 9.94. The van der Waals surface area contributed by atoms with Crippen LogP contribution in [0.2, 0.25) is 0 Å². The van der Waals surface area contributed by atoms with E-state index in [-0.39, 0.29) is 12.0 Å². The molecule has 0 unspecified atom stereocenters. The molecule has 0 saturated carbocycles. The van der Waals surface area contributed by atoms with Gasteiger partial charge in [0.15, 0.2) is 0 Å². The van der Waals surface area contributed by atoms with Crippen molar-refractivity contribution >= 4 is 27.9 Å². The average Bonchev–Trinajstić information content (AvgIpc) is 2.53. The van der Waals surface area contributed by atoms with Gasteiger partial charge in [-0.2, -0.15) is 0 Å². The highest BCUT2D eigenvalue weighted by molar-refractivity contribution is 9.10. The zero-order valence-corrected chi connectivity index (χ0v) is 16.8. The summed E-state index contributed by atoms with van der Waals surface area (Å²) in [5.41, 5.74) is 0.226. The molecule has 1 N–H and O–H groups in total. The number of rotatable bonds is 4. The number of hydrogen-bond acceptors (Lipinski definition) is 3. The van der Waals surface area contributed by atoms with Gasteiger partial charge >= 0.3 is 6.09 Å². The molecule has 0 bridgehead atoms. The Morgan fingerprint density at radius 2 is 2.12 bits per heavy atom. The van der Waals surface area contributed by atoms with Gasteiger partial charge in [-0.05, 0) is 64.2 Å². The van der Waals surface area contributed by atoms with Crippen LogP contribution in [0.15, 0.2) is 28.7 Å². The highest BCUT2D eigenvalue weighted by atomic mass is 79.9. The number of nitrogens with zero attached hydrogens (tertiary/aromatic N) is 1. The van der Waals surface area contributed by atoms with Gasteiger partial charge in [0.05, 0.1) is 0 Å². The number of alkyl carbamates (subject to hydrolysis) is 1. The molecule has 2 rings (SSSR count). The Hall–Kier alpha value is -1.56. The maximum absolute atomic E-state index is 12.7. The van der Waals surface area contributed by atoms with Crippen LogP contribution in [-0.2, 0) is 4.74 Å². The zero-order chi connectivity index (χ0) is 18.4. The maximum Gasteiger partial charge on any atom is 0.407 e. The van der Waals surface area contributed by atoms with Crippen LogP contribution in [-0.4, -0.2) is 42.1 Å². The molecule has 0 spiro atoms. The number of benzene rings is 1. The number of piperidine rings is 1. The van der Waals surface area contributed by atoms with Crippen LogP contribution in [0.25, 0.3) is 0 Å². The number of nitrogens with one attached hydrogen (secondary N) is 1. The molecule has 6 heteroatoms. The molecule has 1 aliphatic rings. The Morgan fingerprint density at radius 1 is 1.36 bits per heavy atom. The van der Waals surface area contributed by atoms with Crippen molar-refractivity contribution in [2.75, 3.05) is 19.6 Å². The van der Waals surface area contributed by atoms with E-state index in [1.165, 1.54) is 0 Å². The topological polar surface area (TPSA) is 58.6 Å². The molecular formula is C19H27BrN2O3. The third-order valence-electron chi connectivity index (χ3n) is 4.10. The number of amides is 2. The first-order valence-corrected chi connectivity index (χ1v) is 9.55. The van der Waals surface area contributed by atoms with Crippen molar-refractivity contribution in [1.82, 2.24) is 10.2 Å². The van der Waals surface area contributed by atoms with Crippen molar-refractivity contribution < 1.29 is 14.3 Å². The van der Waals surface area contributed by atoms with Crippen molar-refractivity contribution in [3.63, 3.8) is 0 Å². The van der Waals surface area contributed by atoms with Gasteiger partial charge in [0.1, 0.15) is 5.60 Å². The van der Waals surface area contributed by atoms with Gasteiger partial charge < -0.3 is 15.0 Å². The van der Waals surface area contributed by atoms with Crippen molar-refractivity contribution in [2.24, 2.45) is 5.92 Å². The van der Waals surface area contributed by atoms with Crippen LogP contribution >= 0.6 is 15.9 Å². The second-order valence-electron chi connectivity index (χ2n) is 7.49. The molecule has 1 fully saturated rings. The molecule has 1 saturated heterocycles. The molecule has 2 amide bonds. The van der Waals surface area contributed by atoms with Gasteiger partial charge in [-0.15, -0.1) is 0 Å². The molecule has 0 radical (unpaired) electrons. The Bertz CT molecular complexity index is 613. The lowest BCUT2D eigenvalue weighted by molar-refractivity contribution is 0.0514. The smallest absolute Gasteiger partial charge is 0.407 e. The predicted octanol–water partition coefficient (Wildman–Crippen LogP) is 4.22. The first kappa shape index (κ1) is 19.8. The molecule has 138 valence electrons. The minimum atomic E-state index is -0.484. The van der Waals surface area contributed by atoms with E-state index in [1.807, 2.05) is 49.9 Å². The second kappa shape index (κ2) is 8.70. The highest BCUT2D eigenvalue weighted by Gasteiger charge is 2.24. The van der Waals surface area contributed by atoms with E-state index >= 15 is 0 Å². The normalized spacial score (nSPS) is 17.9. The van der Waals surface area contributed by atoms with Crippen molar-refractivity contribution in [1.29, 1.82) is 0 Å². The molecule has 1 aromatic carbocycles. The van der Waals surface area contributed by atoms with E-state index in [0.717, 1.165) is 36.8 Å². The Morgan fingerprint density at radius 3 is 2.80 bits per heavy atom. The van der Waals surface area contributed by atoms with E-state index in [4.69, 9.17) is 4.74 Å². The van der Waals surface area contributed by atoms with Crippen molar-refractivity contribution in [3.05, 3.63) is 34.3 Å². The monoisotopic (exact) mass is 410 g/mol. The van der Waals surface area contributed by atoms with Gasteiger partial charge in [-0.3, -0.25) is 4.79 Å². The molecule has 0 aliphatic carbocycles. The number of ether oxygens (including phenoxy) is 1. The highest BCUT2D eigenvalue weighted by Crippen LogP contribution is 2.22. The van der Waals surface area contributed by atoms with Crippen molar-refractivity contribution in [2.45, 2.75) is 45.6 Å². The molecule has 5 nitrogen and oxygen atoms in total. The first-order chi connectivity index (χ1) is 11.7. The minimum Gasteiger partial charge on any atom is -0.444 e. The van der Waals surface area contributed by atoms with E-state index in [2.05, 4.69) is 21.2 Å². The summed E-state index contributed by atoms with van der Waals surface area (Å²) in [4.78, 5) is 26.3. The quantitative estimate of drug-likeness (QED) is 0.807. The van der Waals surface area contributed by atoms with E-state index in [9.17, 15) is 9.59 Å². The Labute approximate surface area is 158 Å². The van der Waals surface area contributed by atoms with Crippen LogP contribution in [0.5, 0.6) is 0 Å². The van der Waals surface area contributed by atoms with Gasteiger partial charge in [0.25, 0.3) is 5.91 Å². The summed E-state index contributed by atoms with van der Waals surface area (Å²) >= 11 is 3.41. The summed E-state index contributed by atoms with van der Waals surface area (Å²) < 4.78 is 6.15. The second-order valence-corrected chi connectivity index (χ2v) is 8.40. The third-order valence-corrected chi connectivity index (χ3v) is 4.59. The largest absolute Gasteiger partial charge is 0.444 e. The number of carbonyl (C=O) groups is 2. The molecule has 1 aromatic rings. The van der Waals surface area contributed by atoms with Crippen molar-refractivity contribution in [3.8, 4) is 0 Å². The number of halogens is 1. The Kier molecular flexibility index (Phi) is 6.87. The van der Waals surface area contributed by atoms with Gasteiger partial charge in [0.2, 0.25) is 0 Å². The lowest BCUT2D eigenvalue weighted by Gasteiger charge is -2.33. The fraction of sp³-hybridized carbons (Fsp3) is 0.579. The van der Waals surface area contributed by atoms with E-state index in [0.29, 0.717) is 18.0 Å². The standard InChI is InChI=1S/C19H27BrN2O3/c1-19(2,3)25-18(24)21-10-9-14-6-5-11-22(13-14)17(23)15-7-4-8-16(20)12-15/h4,7-8,12,14H,5-6,9-11,13H2,1-3H3,(H,21,24)/t14-/m1/s1. The Balaban J connectivity index is 1.80. The van der Waals surface area contributed by atoms with Crippen LogP contribution in [0.3, 0.4) is 0 Å². The van der Waals surface area contributed by atoms with E-state index < -0.39 is 5.60 Å². The average molecular weight is 411 g/mol. The summed E-state index contributed by atoms with van der Waals surface area (Å²) in [6, 6.07) is 7.50. The number of carbonyl (C=O) groups excluding carboxylic acids is 2. The first-order valence-electron chi connectivity index (χ1n) is 8.76. The zero-order valence-electron chi connectivity index (χ0n) is 15.2. The van der Waals surface area contributed by atoms with Gasteiger partial charge in [0, 0.05) is 29.7 Å². The summed E-state index contributed by atoms with van der Waals surface area (Å²) in [6.45, 7) is 7.64. The summed E-state index contributed by atoms with van der Waals surface area (Å²) in [5.74, 6) is 0.478. The minimum absolute atomic E-state index is 0.0751. The molecule has 1 heterocycles. The van der Waals surface area contributed by atoms with Crippen LogP contribution in [0, 0.1) is 5.92 Å². The fourth-order valence-corrected chi connectivity index (χ4v) is 3.38. The van der Waals surface area contributed by atoms with Gasteiger partial charge in [-0.25, -0.2) is 4.79 Å². The lowest BCUT2D eigenvalue weighted by Crippen LogP contribution is -2.41. The summed E-state index contributed by atoms with van der Waals surface area (Å²) in [5, 5.41) is 2.80. The number of hydrogen-bond donors (Lipinski definition) is 1. The molecule has 0 aromatic heterocycles. The fourth-order valence-electron chi connectivity index (χ4n) is 2.98. The van der Waals surface area contributed by atoms with Gasteiger partial charge in [-0.1, -0.05) is 22.0 Å². The molecule has 1 atom stereocenters. The van der Waals surface area contributed by atoms with Crippen LogP contribution in [0.1, 0.15) is 50.4 Å². The summed E-state index contributed by atoms with van der Waals surface area (Å²) in [6.07, 6.45) is 2.54. The molecule has 1 aliphatic heterocycles. The molecular weight excluding hydrogens is 384 g/mol. The predicted molar refractivity (Wildman–Crippen MR) is 102 cm³/mol. The van der Waals surface area contributed by atoms with E-state index in [1.54, 1.807) is 0 Å². The third kappa shape index (κ3) is 6.69.